The van der Waals surface area contributed by atoms with Gasteiger partial charge in [0.05, 0.1) is 18.8 Å². The Morgan fingerprint density at radius 3 is 2.80 bits per heavy atom. The normalized spacial score (nSPS) is 28.0. The van der Waals surface area contributed by atoms with Gasteiger partial charge in [-0.05, 0) is 32.4 Å². The van der Waals surface area contributed by atoms with E-state index in [4.69, 9.17) is 10.5 Å². The number of thiazole rings is 1. The fourth-order valence-electron chi connectivity index (χ4n) is 3.83. The predicted molar refractivity (Wildman–Crippen MR) is 93.7 cm³/mol. The molecule has 136 valence electrons. The number of aliphatic hydroxyl groups excluding tert-OH is 1. The molecule has 2 aromatic heterocycles. The van der Waals surface area contributed by atoms with E-state index in [2.05, 4.69) is 14.9 Å². The Labute approximate surface area is 147 Å². The molecule has 0 aromatic carbocycles. The van der Waals surface area contributed by atoms with Crippen molar-refractivity contribution >= 4 is 27.6 Å². The molecule has 2 aromatic rings. The van der Waals surface area contributed by atoms with Crippen LogP contribution < -0.4 is 16.2 Å². The van der Waals surface area contributed by atoms with Crippen LogP contribution in [0.5, 0.6) is 0 Å². The van der Waals surface area contributed by atoms with Crippen LogP contribution in [0, 0.1) is 0 Å². The molecule has 2 saturated heterocycles. The number of nitrogens with one attached hydrogen (secondary N) is 1. The van der Waals surface area contributed by atoms with Gasteiger partial charge in [0.1, 0.15) is 4.70 Å². The van der Waals surface area contributed by atoms with E-state index in [1.165, 1.54) is 11.0 Å². The van der Waals surface area contributed by atoms with E-state index in [9.17, 15) is 14.7 Å². The van der Waals surface area contributed by atoms with Crippen LogP contribution in [0.1, 0.15) is 31.9 Å². The van der Waals surface area contributed by atoms with Crippen LogP contribution in [-0.4, -0.2) is 56.4 Å². The van der Waals surface area contributed by atoms with Crippen molar-refractivity contribution in [2.75, 3.05) is 25.4 Å². The van der Waals surface area contributed by atoms with Gasteiger partial charge in [-0.1, -0.05) is 17.8 Å². The molecule has 4 rings (SSSR count). The van der Waals surface area contributed by atoms with Crippen molar-refractivity contribution in [2.24, 2.45) is 0 Å². The molecule has 3 atom stereocenters. The van der Waals surface area contributed by atoms with E-state index in [0.29, 0.717) is 6.42 Å². The van der Waals surface area contributed by atoms with E-state index in [-0.39, 0.29) is 39.9 Å². The Balaban J connectivity index is 1.81. The second kappa shape index (κ2) is 6.52. The van der Waals surface area contributed by atoms with Gasteiger partial charge in [-0.15, -0.1) is 0 Å². The van der Waals surface area contributed by atoms with Crippen LogP contribution >= 0.6 is 11.3 Å². The molecule has 0 spiro atoms. The van der Waals surface area contributed by atoms with Crippen LogP contribution in [0.3, 0.4) is 0 Å². The summed E-state index contributed by atoms with van der Waals surface area (Å²) in [5.41, 5.74) is 5.49. The molecule has 2 aliphatic rings. The first kappa shape index (κ1) is 16.7. The lowest BCUT2D eigenvalue weighted by Crippen LogP contribution is -2.43. The summed E-state index contributed by atoms with van der Waals surface area (Å²) in [5, 5.41) is 9.55. The van der Waals surface area contributed by atoms with Gasteiger partial charge >= 0.3 is 4.87 Å². The van der Waals surface area contributed by atoms with E-state index < -0.39 is 11.8 Å². The van der Waals surface area contributed by atoms with Gasteiger partial charge in [0.2, 0.25) is 5.95 Å². The van der Waals surface area contributed by atoms with Gasteiger partial charge in [-0.25, -0.2) is 0 Å². The molecule has 0 aliphatic carbocycles. The third kappa shape index (κ3) is 2.88. The number of anilines is 1. The Bertz CT molecular complexity index is 884. The highest BCUT2D eigenvalue weighted by molar-refractivity contribution is 7.16. The molecule has 0 amide bonds. The van der Waals surface area contributed by atoms with Crippen LogP contribution in [0.2, 0.25) is 0 Å². The number of nitrogens with two attached hydrogens (primary N) is 1. The zero-order valence-electron chi connectivity index (χ0n) is 13.7. The topological polar surface area (TPSA) is 126 Å². The number of hydrogen-bond donors (Lipinski definition) is 3. The number of nitrogens with zero attached hydrogens (tertiary/aromatic N) is 3. The smallest absolute Gasteiger partial charge is 0.311 e. The van der Waals surface area contributed by atoms with E-state index >= 15 is 0 Å². The first-order valence-electron chi connectivity index (χ1n) is 8.49. The zero-order valence-corrected chi connectivity index (χ0v) is 14.5. The summed E-state index contributed by atoms with van der Waals surface area (Å²) in [6, 6.07) is -0.0322. The van der Waals surface area contributed by atoms with Gasteiger partial charge in [-0.3, -0.25) is 24.0 Å². The summed E-state index contributed by atoms with van der Waals surface area (Å²) in [6.45, 7) is 1.78. The number of likely N-dealkylation sites (tertiary alicyclic amines) is 1. The summed E-state index contributed by atoms with van der Waals surface area (Å²) < 4.78 is 7.65. The van der Waals surface area contributed by atoms with Gasteiger partial charge in [0.15, 0.2) is 11.9 Å². The zero-order chi connectivity index (χ0) is 17.6. The number of fused-ring (bicyclic) bond motifs is 1. The predicted octanol–water partition coefficient (Wildman–Crippen LogP) is -0.137. The van der Waals surface area contributed by atoms with Crippen molar-refractivity contribution in [3.8, 4) is 0 Å². The third-order valence-corrected chi connectivity index (χ3v) is 5.92. The standard InChI is InChI=1S/C15H21N5O4S/c16-14-17-11-10(12(22)18-14)25-15(23)20(11)13-9(6-8(7-21)24-13)19-4-2-1-3-5-19/h8-9,13,21H,1-7H2,(H3,16,17,18,22)/t8-,9+,13+/m0/s1. The summed E-state index contributed by atoms with van der Waals surface area (Å²) in [6.07, 6.45) is 3.15. The quantitative estimate of drug-likeness (QED) is 0.689. The van der Waals surface area contributed by atoms with Crippen LogP contribution in [0.15, 0.2) is 9.59 Å². The van der Waals surface area contributed by atoms with Crippen molar-refractivity contribution in [1.82, 2.24) is 19.4 Å². The minimum atomic E-state index is -0.579. The maximum absolute atomic E-state index is 12.6. The number of piperidine rings is 1. The first-order valence-corrected chi connectivity index (χ1v) is 9.31. The molecule has 0 radical (unpaired) electrons. The molecule has 0 saturated carbocycles. The lowest BCUT2D eigenvalue weighted by molar-refractivity contribution is -0.0419. The molecule has 25 heavy (non-hydrogen) atoms. The minimum absolute atomic E-state index is 0.0322. The van der Waals surface area contributed by atoms with Crippen molar-refractivity contribution in [1.29, 1.82) is 0 Å². The van der Waals surface area contributed by atoms with Crippen molar-refractivity contribution in [3.05, 3.63) is 20.0 Å². The monoisotopic (exact) mass is 367 g/mol. The molecule has 10 heteroatoms. The van der Waals surface area contributed by atoms with Crippen LogP contribution in [-0.2, 0) is 4.74 Å². The Morgan fingerprint density at radius 1 is 1.32 bits per heavy atom. The number of aromatic nitrogens is 3. The second-order valence-electron chi connectivity index (χ2n) is 6.57. The number of hydrogen-bond acceptors (Lipinski definition) is 8. The van der Waals surface area contributed by atoms with E-state index in [0.717, 1.165) is 37.3 Å². The maximum atomic E-state index is 12.6. The number of nitrogen functional groups attached to an aromatic ring is 1. The van der Waals surface area contributed by atoms with Crippen LogP contribution in [0.4, 0.5) is 5.95 Å². The van der Waals surface area contributed by atoms with E-state index in [1.54, 1.807) is 0 Å². The van der Waals surface area contributed by atoms with Crippen molar-refractivity contribution in [2.45, 2.75) is 44.1 Å². The van der Waals surface area contributed by atoms with E-state index in [1.807, 2.05) is 0 Å². The van der Waals surface area contributed by atoms with Gasteiger partial charge < -0.3 is 15.6 Å². The summed E-state index contributed by atoms with van der Waals surface area (Å²) in [7, 11) is 0. The SMILES string of the molecule is Nc1nc2c(sc(=O)n2[C@@H]2O[C@H](CO)C[C@H]2N2CCCCC2)c(=O)[nH]1. The molecular formula is C15H21N5O4S. The van der Waals surface area contributed by atoms with Crippen molar-refractivity contribution < 1.29 is 9.84 Å². The molecule has 0 bridgehead atoms. The molecule has 2 aliphatic heterocycles. The maximum Gasteiger partial charge on any atom is 0.311 e. The average molecular weight is 367 g/mol. The van der Waals surface area contributed by atoms with Gasteiger partial charge in [0, 0.05) is 0 Å². The summed E-state index contributed by atoms with van der Waals surface area (Å²) in [4.78, 5) is 33.3. The highest BCUT2D eigenvalue weighted by Gasteiger charge is 2.41. The fourth-order valence-corrected chi connectivity index (χ4v) is 4.67. The lowest BCUT2D eigenvalue weighted by atomic mass is 10.0. The molecule has 2 fully saturated rings. The Kier molecular flexibility index (Phi) is 4.36. The highest BCUT2D eigenvalue weighted by Crippen LogP contribution is 2.35. The summed E-state index contributed by atoms with van der Waals surface area (Å²) >= 11 is 0.843. The van der Waals surface area contributed by atoms with Crippen molar-refractivity contribution in [3.63, 3.8) is 0 Å². The fraction of sp³-hybridized carbons (Fsp3) is 0.667. The summed E-state index contributed by atoms with van der Waals surface area (Å²) in [5.74, 6) is -0.0322. The number of aliphatic hydroxyl groups is 1. The lowest BCUT2D eigenvalue weighted by Gasteiger charge is -2.34. The average Bonchev–Trinajstić information content (AvgIpc) is 3.16. The molecule has 4 N–H and O–H groups in total. The number of H-pyrrole nitrogens is 1. The second-order valence-corrected chi connectivity index (χ2v) is 7.53. The van der Waals surface area contributed by atoms with Crippen LogP contribution in [0.25, 0.3) is 10.3 Å². The first-order chi connectivity index (χ1) is 12.1. The molecule has 4 heterocycles. The Morgan fingerprint density at radius 2 is 2.08 bits per heavy atom. The third-order valence-electron chi connectivity index (χ3n) is 4.97. The van der Waals surface area contributed by atoms with Gasteiger partial charge in [-0.2, -0.15) is 4.98 Å². The molecule has 9 nitrogen and oxygen atoms in total. The minimum Gasteiger partial charge on any atom is -0.394 e. The number of rotatable bonds is 3. The number of ether oxygens (including phenoxy) is 1. The number of aromatic amines is 1. The van der Waals surface area contributed by atoms with Gasteiger partial charge in [0.25, 0.3) is 5.56 Å². The highest BCUT2D eigenvalue weighted by atomic mass is 32.1. The Hall–Kier alpha value is -1.75. The molecular weight excluding hydrogens is 346 g/mol. The largest absolute Gasteiger partial charge is 0.394 e. The molecule has 0 unspecified atom stereocenters.